The van der Waals surface area contributed by atoms with E-state index in [4.69, 9.17) is 5.73 Å². The molecule has 0 saturated carbocycles. The summed E-state index contributed by atoms with van der Waals surface area (Å²) in [6.45, 7) is 0.529. The predicted octanol–water partition coefficient (Wildman–Crippen LogP) is -2.01. The Bertz CT molecular complexity index is 153. The maximum Gasteiger partial charge on any atom is 1.00 e. The molecule has 0 aromatic carbocycles. The van der Waals surface area contributed by atoms with E-state index in [9.17, 15) is 0 Å². The molecule has 2 nitrogen and oxygen atoms in total. The number of pyridine rings is 1. The van der Waals surface area contributed by atoms with Crippen LogP contribution in [0.5, 0.6) is 0 Å². The van der Waals surface area contributed by atoms with Crippen molar-refractivity contribution in [1.29, 1.82) is 0 Å². The summed E-state index contributed by atoms with van der Waals surface area (Å²) in [5, 5.41) is 0. The smallest absolute Gasteiger partial charge is 0.358 e. The van der Waals surface area contributed by atoms with Crippen LogP contribution in [0.15, 0.2) is 24.4 Å². The number of rotatable bonds is 1. The van der Waals surface area contributed by atoms with E-state index in [0.29, 0.717) is 6.54 Å². The fourth-order valence-corrected chi connectivity index (χ4v) is 0.519. The van der Waals surface area contributed by atoms with Crippen LogP contribution in [0, 0.1) is 7.43 Å². The van der Waals surface area contributed by atoms with E-state index < -0.39 is 0 Å². The van der Waals surface area contributed by atoms with Gasteiger partial charge in [-0.1, -0.05) is 6.07 Å². The van der Waals surface area contributed by atoms with Gasteiger partial charge in [-0.3, -0.25) is 4.98 Å². The zero-order valence-electron chi connectivity index (χ0n) is 6.54. The molecule has 0 atom stereocenters. The van der Waals surface area contributed by atoms with Crippen molar-refractivity contribution in [2.75, 3.05) is 0 Å². The minimum atomic E-state index is 0. The molecule has 3 heteroatoms. The molecule has 1 rings (SSSR count). The first-order chi connectivity index (χ1) is 3.93. The van der Waals surface area contributed by atoms with Crippen LogP contribution in [0.2, 0.25) is 0 Å². The molecule has 1 aromatic heterocycles. The van der Waals surface area contributed by atoms with E-state index in [1.807, 2.05) is 18.2 Å². The third kappa shape index (κ3) is 4.90. The monoisotopic (exact) mass is 256 g/mol. The van der Waals surface area contributed by atoms with Gasteiger partial charge in [0.05, 0.1) is 5.69 Å². The second kappa shape index (κ2) is 8.26. The van der Waals surface area contributed by atoms with Gasteiger partial charge in [-0.15, -0.1) is 0 Å². The average molecular weight is 256 g/mol. The third-order valence-corrected chi connectivity index (χ3v) is 0.935. The summed E-state index contributed by atoms with van der Waals surface area (Å²) in [7, 11) is 0. The van der Waals surface area contributed by atoms with Crippen molar-refractivity contribution in [2.24, 2.45) is 5.73 Å². The second-order valence-electron chi connectivity index (χ2n) is 1.53. The minimum absolute atomic E-state index is 0. The molecule has 0 aliphatic carbocycles. The molecule has 0 aliphatic heterocycles. The normalized spacial score (nSPS) is 7.30. The Balaban J connectivity index is 0. The van der Waals surface area contributed by atoms with E-state index in [0.717, 1.165) is 5.69 Å². The molecule has 0 bridgehead atoms. The van der Waals surface area contributed by atoms with E-state index in [2.05, 4.69) is 4.98 Å². The van der Waals surface area contributed by atoms with Crippen LogP contribution >= 0.6 is 0 Å². The summed E-state index contributed by atoms with van der Waals surface area (Å²) in [4.78, 5) is 3.97. The molecule has 50 valence electrons. The molecule has 0 radical (unpaired) electrons. The summed E-state index contributed by atoms with van der Waals surface area (Å²) in [5.74, 6) is 0. The molecule has 2 N–H and O–H groups in total. The van der Waals surface area contributed by atoms with Gasteiger partial charge in [-0.25, -0.2) is 0 Å². The predicted molar refractivity (Wildman–Crippen MR) is 38.5 cm³/mol. The first kappa shape index (κ1) is 13.7. The third-order valence-electron chi connectivity index (χ3n) is 0.935. The van der Waals surface area contributed by atoms with Crippen LogP contribution in [-0.2, 0) is 6.54 Å². The zero-order chi connectivity index (χ0) is 5.82. The fraction of sp³-hybridized carbons (Fsp3) is 0.143. The maximum atomic E-state index is 5.29. The van der Waals surface area contributed by atoms with Crippen molar-refractivity contribution in [3.05, 3.63) is 37.5 Å². The van der Waals surface area contributed by atoms with Crippen molar-refractivity contribution < 1.29 is 68.9 Å². The van der Waals surface area contributed by atoms with Crippen LogP contribution < -0.4 is 74.6 Å². The van der Waals surface area contributed by atoms with Gasteiger partial charge in [0.2, 0.25) is 0 Å². The minimum Gasteiger partial charge on any atom is -0.358 e. The molecular formula is C7H11CsN2. The molecule has 0 amide bonds. The number of nitrogens with two attached hydrogens (primary N) is 1. The molecule has 10 heavy (non-hydrogen) atoms. The first-order valence-corrected chi connectivity index (χ1v) is 2.53. The van der Waals surface area contributed by atoms with Gasteiger partial charge in [-0.05, 0) is 12.1 Å². The van der Waals surface area contributed by atoms with Crippen molar-refractivity contribution in [3.8, 4) is 0 Å². The molecule has 0 unspecified atom stereocenters. The topological polar surface area (TPSA) is 38.9 Å². The van der Waals surface area contributed by atoms with Gasteiger partial charge in [0, 0.05) is 12.7 Å². The molecule has 1 aromatic rings. The van der Waals surface area contributed by atoms with Crippen molar-refractivity contribution in [1.82, 2.24) is 4.98 Å². The number of aromatic nitrogens is 1. The molecule has 0 fully saturated rings. The Labute approximate surface area is 121 Å². The average Bonchev–Trinajstić information content (AvgIpc) is 1.90. The molecular weight excluding hydrogens is 245 g/mol. The van der Waals surface area contributed by atoms with E-state index in [-0.39, 0.29) is 76.3 Å². The van der Waals surface area contributed by atoms with Gasteiger partial charge in [0.25, 0.3) is 0 Å². The van der Waals surface area contributed by atoms with E-state index in [1.165, 1.54) is 0 Å². The quantitative estimate of drug-likeness (QED) is 0.590. The summed E-state index contributed by atoms with van der Waals surface area (Å²) < 4.78 is 0. The van der Waals surface area contributed by atoms with Crippen LogP contribution in [0.4, 0.5) is 0 Å². The summed E-state index contributed by atoms with van der Waals surface area (Å²) in [6.07, 6.45) is 1.74. The molecule has 0 spiro atoms. The van der Waals surface area contributed by atoms with Gasteiger partial charge in [-0.2, -0.15) is 0 Å². The Morgan fingerprint density at radius 3 is 2.40 bits per heavy atom. The van der Waals surface area contributed by atoms with Gasteiger partial charge >= 0.3 is 68.9 Å². The first-order valence-electron chi connectivity index (χ1n) is 2.53. The van der Waals surface area contributed by atoms with Crippen molar-refractivity contribution >= 4 is 0 Å². The Morgan fingerprint density at radius 2 is 2.10 bits per heavy atom. The van der Waals surface area contributed by atoms with Crippen molar-refractivity contribution in [2.45, 2.75) is 6.54 Å². The molecule has 0 aliphatic rings. The van der Waals surface area contributed by atoms with Gasteiger partial charge in [0.15, 0.2) is 0 Å². The van der Waals surface area contributed by atoms with Gasteiger partial charge < -0.3 is 13.2 Å². The maximum absolute atomic E-state index is 5.29. The van der Waals surface area contributed by atoms with Crippen LogP contribution in [-0.4, -0.2) is 4.98 Å². The van der Waals surface area contributed by atoms with Crippen molar-refractivity contribution in [3.63, 3.8) is 0 Å². The standard InChI is InChI=1S/C6H8N2.CH3.Cs/c7-5-6-3-1-2-4-8-6;;/h1-4H,5,7H2;1H3;/q;-1;+1. The summed E-state index contributed by atoms with van der Waals surface area (Å²) in [6, 6.07) is 5.70. The summed E-state index contributed by atoms with van der Waals surface area (Å²) >= 11 is 0. The van der Waals surface area contributed by atoms with E-state index >= 15 is 0 Å². The largest absolute Gasteiger partial charge is 1.00 e. The zero-order valence-corrected chi connectivity index (χ0v) is 12.8. The molecule has 0 saturated heterocycles. The van der Waals surface area contributed by atoms with Crippen LogP contribution in [0.1, 0.15) is 5.69 Å². The van der Waals surface area contributed by atoms with Crippen LogP contribution in [0.3, 0.4) is 0 Å². The van der Waals surface area contributed by atoms with Gasteiger partial charge in [0.1, 0.15) is 0 Å². The number of nitrogens with zero attached hydrogens (tertiary/aromatic N) is 1. The second-order valence-corrected chi connectivity index (χ2v) is 1.53. The van der Waals surface area contributed by atoms with Crippen LogP contribution in [0.25, 0.3) is 0 Å². The Morgan fingerprint density at radius 1 is 1.40 bits per heavy atom. The Hall–Kier alpha value is 1.16. The fourth-order valence-electron chi connectivity index (χ4n) is 0.519. The number of hydrogen-bond acceptors (Lipinski definition) is 2. The molecule has 1 heterocycles. The summed E-state index contributed by atoms with van der Waals surface area (Å²) in [5.41, 5.74) is 6.22. The van der Waals surface area contributed by atoms with E-state index in [1.54, 1.807) is 6.20 Å². The SMILES string of the molecule is NCc1ccccn1.[CH3-].[Cs+]. The Kier molecular flexibility index (Phi) is 11.3. The number of hydrogen-bond donors (Lipinski definition) is 1.